The molecule has 0 aromatic heterocycles. The third-order valence-corrected chi connectivity index (χ3v) is 4.73. The van der Waals surface area contributed by atoms with Gasteiger partial charge in [-0.05, 0) is 29.8 Å². The van der Waals surface area contributed by atoms with Gasteiger partial charge in [0, 0.05) is 19.9 Å². The van der Waals surface area contributed by atoms with Crippen molar-refractivity contribution < 1.29 is 28.8 Å². The quantitative estimate of drug-likeness (QED) is 0.667. The summed E-state index contributed by atoms with van der Waals surface area (Å²) in [5, 5.41) is 9.80. The van der Waals surface area contributed by atoms with Gasteiger partial charge in [0.05, 0.1) is 13.2 Å². The molecule has 3 rings (SSSR count). The third kappa shape index (κ3) is 4.81. The summed E-state index contributed by atoms with van der Waals surface area (Å²) in [6.07, 6.45) is -2.97. The molecular weight excluding hydrogens is 362 g/mol. The molecule has 1 saturated heterocycles. The average molecular weight is 389 g/mol. The van der Waals surface area contributed by atoms with E-state index in [0.717, 1.165) is 5.56 Å². The van der Waals surface area contributed by atoms with Crippen LogP contribution in [0.15, 0.2) is 54.6 Å². The summed E-state index contributed by atoms with van der Waals surface area (Å²) in [5.74, 6) is 0.579. The number of ether oxygens (including phenoxy) is 5. The molecule has 7 heteroatoms. The maximum Gasteiger partial charge on any atom is 0.229 e. The summed E-state index contributed by atoms with van der Waals surface area (Å²) >= 11 is 0. The summed E-state index contributed by atoms with van der Waals surface area (Å²) in [7, 11) is 3.13. The molecule has 2 aromatic rings. The Morgan fingerprint density at radius 2 is 1.61 bits per heavy atom. The molecule has 1 aliphatic rings. The molecule has 0 radical (unpaired) electrons. The molecule has 7 nitrogen and oxygen atoms in total. The SMILES string of the molecule is CO[C@@H]1[C@H](OCc2ccccc2)[C@@H](OC)[C@@H](Oc2ccc(N)cc2)O[C@@H]1CO. The Morgan fingerprint density at radius 1 is 0.929 bits per heavy atom. The lowest BCUT2D eigenvalue weighted by atomic mass is 9.98. The van der Waals surface area contributed by atoms with Crippen LogP contribution in [0.4, 0.5) is 5.69 Å². The van der Waals surface area contributed by atoms with Crippen molar-refractivity contribution in [2.24, 2.45) is 0 Å². The lowest BCUT2D eigenvalue weighted by molar-refractivity contribution is -0.296. The number of hydrogen-bond acceptors (Lipinski definition) is 7. The Morgan fingerprint density at radius 3 is 2.21 bits per heavy atom. The van der Waals surface area contributed by atoms with E-state index in [4.69, 9.17) is 29.4 Å². The van der Waals surface area contributed by atoms with Crippen LogP contribution in [-0.4, -0.2) is 56.6 Å². The highest BCUT2D eigenvalue weighted by Gasteiger charge is 2.48. The minimum Gasteiger partial charge on any atom is -0.462 e. The van der Waals surface area contributed by atoms with Crippen LogP contribution in [0.25, 0.3) is 0 Å². The molecular formula is C21H27NO6. The fraction of sp³-hybridized carbons (Fsp3) is 0.429. The number of methoxy groups -OCH3 is 2. The molecule has 28 heavy (non-hydrogen) atoms. The molecule has 0 spiro atoms. The van der Waals surface area contributed by atoms with Crippen LogP contribution in [0, 0.1) is 0 Å². The predicted octanol–water partition coefficient (Wildman–Crippen LogP) is 1.98. The van der Waals surface area contributed by atoms with E-state index in [9.17, 15) is 5.11 Å². The summed E-state index contributed by atoms with van der Waals surface area (Å²) in [6.45, 7) is 0.139. The second-order valence-electron chi connectivity index (χ2n) is 6.57. The monoisotopic (exact) mass is 389 g/mol. The molecule has 3 N–H and O–H groups in total. The number of anilines is 1. The van der Waals surface area contributed by atoms with Crippen LogP contribution < -0.4 is 10.5 Å². The van der Waals surface area contributed by atoms with Crippen molar-refractivity contribution in [3.63, 3.8) is 0 Å². The van der Waals surface area contributed by atoms with Gasteiger partial charge < -0.3 is 34.5 Å². The standard InChI is InChI=1S/C21H27NO6/c1-24-18-17(12-23)28-21(27-16-10-8-15(22)9-11-16)20(25-2)19(18)26-13-14-6-4-3-5-7-14/h3-11,17-21,23H,12-13,22H2,1-2H3/t17-,18+,19+,20-,21+/m1/s1. The van der Waals surface area contributed by atoms with Crippen LogP contribution in [0.3, 0.4) is 0 Å². The third-order valence-electron chi connectivity index (χ3n) is 4.73. The predicted molar refractivity (Wildman–Crippen MR) is 104 cm³/mol. The van der Waals surface area contributed by atoms with E-state index >= 15 is 0 Å². The maximum atomic E-state index is 9.80. The van der Waals surface area contributed by atoms with Crippen LogP contribution >= 0.6 is 0 Å². The van der Waals surface area contributed by atoms with Crippen molar-refractivity contribution >= 4 is 5.69 Å². The number of aliphatic hydroxyl groups excluding tert-OH is 1. The lowest BCUT2D eigenvalue weighted by Gasteiger charge is -2.44. The first-order valence-corrected chi connectivity index (χ1v) is 9.16. The molecule has 5 atom stereocenters. The van der Waals surface area contributed by atoms with Crippen LogP contribution in [-0.2, 0) is 25.6 Å². The first-order chi connectivity index (χ1) is 13.7. The van der Waals surface area contributed by atoms with E-state index in [1.54, 1.807) is 38.5 Å². The Bertz CT molecular complexity index is 711. The minimum atomic E-state index is -0.780. The van der Waals surface area contributed by atoms with Crippen molar-refractivity contribution in [2.45, 2.75) is 37.3 Å². The second-order valence-corrected chi connectivity index (χ2v) is 6.57. The van der Waals surface area contributed by atoms with Gasteiger partial charge in [0.15, 0.2) is 0 Å². The fourth-order valence-electron chi connectivity index (χ4n) is 3.29. The topological polar surface area (TPSA) is 92.4 Å². The van der Waals surface area contributed by atoms with E-state index in [-0.39, 0.29) is 6.61 Å². The molecule has 0 unspecified atom stereocenters. The average Bonchev–Trinajstić information content (AvgIpc) is 2.73. The van der Waals surface area contributed by atoms with Gasteiger partial charge in [-0.2, -0.15) is 0 Å². The molecule has 1 fully saturated rings. The molecule has 1 heterocycles. The zero-order valence-corrected chi connectivity index (χ0v) is 16.1. The molecule has 0 amide bonds. The lowest BCUT2D eigenvalue weighted by Crippen LogP contribution is -2.62. The summed E-state index contributed by atoms with van der Waals surface area (Å²) in [4.78, 5) is 0. The van der Waals surface area contributed by atoms with Gasteiger partial charge in [0.2, 0.25) is 6.29 Å². The van der Waals surface area contributed by atoms with Crippen molar-refractivity contribution in [1.29, 1.82) is 0 Å². The fourth-order valence-corrected chi connectivity index (χ4v) is 3.29. The Kier molecular flexibility index (Phi) is 7.24. The van der Waals surface area contributed by atoms with Crippen LogP contribution in [0.1, 0.15) is 5.56 Å². The van der Waals surface area contributed by atoms with Crippen LogP contribution in [0.5, 0.6) is 5.75 Å². The van der Waals surface area contributed by atoms with Crippen molar-refractivity contribution in [3.8, 4) is 5.75 Å². The molecule has 2 aromatic carbocycles. The van der Waals surface area contributed by atoms with Crippen molar-refractivity contribution in [3.05, 3.63) is 60.2 Å². The van der Waals surface area contributed by atoms with Gasteiger partial charge in [0.25, 0.3) is 0 Å². The number of nitrogens with two attached hydrogens (primary N) is 1. The molecule has 0 bridgehead atoms. The van der Waals surface area contributed by atoms with E-state index in [1.807, 2.05) is 30.3 Å². The van der Waals surface area contributed by atoms with Gasteiger partial charge in [0.1, 0.15) is 30.2 Å². The summed E-state index contributed by atoms with van der Waals surface area (Å²) in [6, 6.07) is 16.8. The molecule has 152 valence electrons. The molecule has 0 aliphatic carbocycles. The Balaban J connectivity index is 1.79. The zero-order chi connectivity index (χ0) is 19.9. The van der Waals surface area contributed by atoms with Gasteiger partial charge in [-0.1, -0.05) is 30.3 Å². The van der Waals surface area contributed by atoms with Crippen LogP contribution in [0.2, 0.25) is 0 Å². The number of benzene rings is 2. The van der Waals surface area contributed by atoms with Gasteiger partial charge in [-0.25, -0.2) is 0 Å². The number of rotatable bonds is 8. The first kappa shape index (κ1) is 20.6. The molecule has 1 aliphatic heterocycles. The zero-order valence-electron chi connectivity index (χ0n) is 16.1. The Hall–Kier alpha value is -2.16. The van der Waals surface area contributed by atoms with E-state index < -0.39 is 30.7 Å². The van der Waals surface area contributed by atoms with E-state index in [1.165, 1.54) is 0 Å². The highest BCUT2D eigenvalue weighted by molar-refractivity contribution is 5.41. The van der Waals surface area contributed by atoms with E-state index in [2.05, 4.69) is 0 Å². The largest absolute Gasteiger partial charge is 0.462 e. The second kappa shape index (κ2) is 9.86. The minimum absolute atomic E-state index is 0.234. The Labute approximate surface area is 164 Å². The highest BCUT2D eigenvalue weighted by Crippen LogP contribution is 2.30. The van der Waals surface area contributed by atoms with Gasteiger partial charge in [-0.15, -0.1) is 0 Å². The first-order valence-electron chi connectivity index (χ1n) is 9.16. The normalized spacial score (nSPS) is 27.5. The highest BCUT2D eigenvalue weighted by atomic mass is 16.7. The number of aliphatic hydroxyl groups is 1. The number of nitrogen functional groups attached to an aromatic ring is 1. The van der Waals surface area contributed by atoms with Gasteiger partial charge in [-0.3, -0.25) is 0 Å². The van der Waals surface area contributed by atoms with Gasteiger partial charge >= 0.3 is 0 Å². The number of hydrogen-bond donors (Lipinski definition) is 2. The smallest absolute Gasteiger partial charge is 0.229 e. The maximum absolute atomic E-state index is 9.80. The summed E-state index contributed by atoms with van der Waals surface area (Å²) in [5.41, 5.74) is 7.39. The molecule has 0 saturated carbocycles. The van der Waals surface area contributed by atoms with E-state index in [0.29, 0.717) is 18.0 Å². The van der Waals surface area contributed by atoms with Crippen molar-refractivity contribution in [1.82, 2.24) is 0 Å². The summed E-state index contributed by atoms with van der Waals surface area (Å²) < 4.78 is 29.3. The van der Waals surface area contributed by atoms with Crippen molar-refractivity contribution in [2.75, 3.05) is 26.6 Å².